The summed E-state index contributed by atoms with van der Waals surface area (Å²) >= 11 is 0. The lowest BCUT2D eigenvalue weighted by molar-refractivity contribution is 0.0781. The van der Waals surface area contributed by atoms with Crippen LogP contribution in [0.25, 0.3) is 11.0 Å². The first kappa shape index (κ1) is 18.1. The van der Waals surface area contributed by atoms with Crippen LogP contribution in [0, 0.1) is 18.8 Å². The summed E-state index contributed by atoms with van der Waals surface area (Å²) in [4.78, 5) is 19.7. The smallest absolute Gasteiger partial charge is 0.254 e. The Morgan fingerprint density at radius 1 is 1.32 bits per heavy atom. The Bertz CT molecular complexity index is 802. The number of hydrogen-bond acceptors (Lipinski definition) is 4. The highest BCUT2D eigenvalue weighted by Gasteiger charge is 2.42. The highest BCUT2D eigenvalue weighted by Crippen LogP contribution is 2.38. The number of carbonyl (C=O) groups excluding carboxylic acids is 1. The summed E-state index contributed by atoms with van der Waals surface area (Å²) < 4.78 is 1.88. The van der Waals surface area contributed by atoms with Crippen LogP contribution in [0.15, 0.2) is 12.3 Å². The number of nitrogens with two attached hydrogens (primary N) is 1. The van der Waals surface area contributed by atoms with E-state index in [9.17, 15) is 4.79 Å². The summed E-state index contributed by atoms with van der Waals surface area (Å²) in [6.45, 7) is 7.69. The molecule has 4 rings (SSSR count). The fourth-order valence-electron chi connectivity index (χ4n) is 4.34. The largest absolute Gasteiger partial charge is 0.338 e. The van der Waals surface area contributed by atoms with Crippen molar-refractivity contribution in [2.45, 2.75) is 45.7 Å². The maximum Gasteiger partial charge on any atom is 0.254 e. The number of amides is 1. The SMILES string of the molecule is Cc1cc(C(=O)N2CC3CCC(N)C3C2)c2cnn(C(C)C)c2n1.Cl. The zero-order valence-corrected chi connectivity index (χ0v) is 15.8. The molecule has 2 aromatic heterocycles. The van der Waals surface area contributed by atoms with E-state index in [0.717, 1.165) is 48.2 Å². The Morgan fingerprint density at radius 2 is 2.08 bits per heavy atom. The molecule has 1 saturated heterocycles. The van der Waals surface area contributed by atoms with Crippen LogP contribution in [0.3, 0.4) is 0 Å². The van der Waals surface area contributed by atoms with Gasteiger partial charge in [0.15, 0.2) is 5.65 Å². The first-order valence-corrected chi connectivity index (χ1v) is 8.85. The summed E-state index contributed by atoms with van der Waals surface area (Å²) in [6.07, 6.45) is 4.01. The standard InChI is InChI=1S/C18H25N5O.ClH/c1-10(2)23-17-14(7-20-23)13(6-11(3)21-17)18(24)22-8-12-4-5-16(19)15(12)9-22;/h6-7,10,12,15-16H,4-5,8-9,19H2,1-3H3;1H. The topological polar surface area (TPSA) is 77.0 Å². The number of aromatic nitrogens is 3. The summed E-state index contributed by atoms with van der Waals surface area (Å²) in [6, 6.07) is 2.35. The molecule has 25 heavy (non-hydrogen) atoms. The molecule has 7 heteroatoms. The average molecular weight is 364 g/mol. The Hall–Kier alpha value is -1.66. The van der Waals surface area contributed by atoms with E-state index < -0.39 is 0 Å². The molecular weight excluding hydrogens is 338 g/mol. The Balaban J connectivity index is 0.00000182. The van der Waals surface area contributed by atoms with Gasteiger partial charge in [0.1, 0.15) is 0 Å². The quantitative estimate of drug-likeness (QED) is 0.889. The fourth-order valence-corrected chi connectivity index (χ4v) is 4.34. The summed E-state index contributed by atoms with van der Waals surface area (Å²) in [7, 11) is 0. The van der Waals surface area contributed by atoms with Crippen molar-refractivity contribution in [3.8, 4) is 0 Å². The van der Waals surface area contributed by atoms with E-state index in [0.29, 0.717) is 11.8 Å². The molecule has 1 amide bonds. The molecule has 0 radical (unpaired) electrons. The highest BCUT2D eigenvalue weighted by molar-refractivity contribution is 6.05. The Labute approximate surface area is 154 Å². The van der Waals surface area contributed by atoms with Gasteiger partial charge in [-0.25, -0.2) is 9.67 Å². The summed E-state index contributed by atoms with van der Waals surface area (Å²) in [5.74, 6) is 1.13. The molecule has 3 atom stereocenters. The van der Waals surface area contributed by atoms with Gasteiger partial charge >= 0.3 is 0 Å². The Kier molecular flexibility index (Phi) is 4.77. The Morgan fingerprint density at radius 3 is 2.76 bits per heavy atom. The third kappa shape index (κ3) is 2.91. The van der Waals surface area contributed by atoms with E-state index in [-0.39, 0.29) is 30.4 Å². The lowest BCUT2D eigenvalue weighted by Gasteiger charge is -2.19. The van der Waals surface area contributed by atoms with Crippen molar-refractivity contribution in [3.63, 3.8) is 0 Å². The van der Waals surface area contributed by atoms with E-state index in [1.165, 1.54) is 0 Å². The number of fused-ring (bicyclic) bond motifs is 2. The second kappa shape index (κ2) is 6.57. The molecule has 0 bridgehead atoms. The zero-order valence-electron chi connectivity index (χ0n) is 15.0. The first-order valence-electron chi connectivity index (χ1n) is 8.85. The van der Waals surface area contributed by atoms with Crippen molar-refractivity contribution in [1.82, 2.24) is 19.7 Å². The number of pyridine rings is 1. The van der Waals surface area contributed by atoms with Crippen molar-refractivity contribution in [2.75, 3.05) is 13.1 Å². The van der Waals surface area contributed by atoms with Crippen LogP contribution in [-0.4, -0.2) is 44.7 Å². The van der Waals surface area contributed by atoms with Crippen LogP contribution in [0.4, 0.5) is 0 Å². The molecule has 2 aromatic rings. The van der Waals surface area contributed by atoms with Crippen molar-refractivity contribution in [1.29, 1.82) is 0 Å². The minimum Gasteiger partial charge on any atom is -0.338 e. The molecule has 0 spiro atoms. The van der Waals surface area contributed by atoms with Crippen molar-refractivity contribution in [3.05, 3.63) is 23.5 Å². The van der Waals surface area contributed by atoms with Gasteiger partial charge in [0.05, 0.1) is 17.1 Å². The second-order valence-corrected chi connectivity index (χ2v) is 7.61. The van der Waals surface area contributed by atoms with Gasteiger partial charge in [-0.05, 0) is 51.5 Å². The molecule has 2 aliphatic rings. The summed E-state index contributed by atoms with van der Waals surface area (Å²) in [5, 5.41) is 5.29. The maximum atomic E-state index is 13.2. The predicted molar refractivity (Wildman–Crippen MR) is 100.0 cm³/mol. The van der Waals surface area contributed by atoms with Crippen LogP contribution < -0.4 is 5.73 Å². The monoisotopic (exact) mass is 363 g/mol. The molecular formula is C18H26ClN5O. The first-order chi connectivity index (χ1) is 11.5. The molecule has 3 heterocycles. The van der Waals surface area contributed by atoms with Gasteiger partial charge in [-0.15, -0.1) is 12.4 Å². The number of likely N-dealkylation sites (tertiary alicyclic amines) is 1. The molecule has 6 nitrogen and oxygen atoms in total. The molecule has 2 N–H and O–H groups in total. The number of rotatable bonds is 2. The van der Waals surface area contributed by atoms with E-state index >= 15 is 0 Å². The zero-order chi connectivity index (χ0) is 17.0. The van der Waals surface area contributed by atoms with Crippen LogP contribution in [-0.2, 0) is 0 Å². The van der Waals surface area contributed by atoms with Gasteiger partial charge in [-0.3, -0.25) is 4.79 Å². The normalized spacial score (nSPS) is 25.5. The van der Waals surface area contributed by atoms with Crippen LogP contribution >= 0.6 is 12.4 Å². The number of nitrogens with zero attached hydrogens (tertiary/aromatic N) is 4. The molecule has 1 aliphatic carbocycles. The van der Waals surface area contributed by atoms with Crippen LogP contribution in [0.1, 0.15) is 48.8 Å². The molecule has 1 aliphatic heterocycles. The van der Waals surface area contributed by atoms with Gasteiger partial charge in [0.2, 0.25) is 0 Å². The maximum absolute atomic E-state index is 13.2. The van der Waals surface area contributed by atoms with Crippen molar-refractivity contribution in [2.24, 2.45) is 17.6 Å². The number of aryl methyl sites for hydroxylation is 1. The van der Waals surface area contributed by atoms with Gasteiger partial charge in [-0.2, -0.15) is 5.10 Å². The lowest BCUT2D eigenvalue weighted by Crippen LogP contribution is -2.33. The number of carbonyl (C=O) groups is 1. The number of hydrogen-bond donors (Lipinski definition) is 1. The van der Waals surface area contributed by atoms with Crippen LogP contribution in [0.2, 0.25) is 0 Å². The molecule has 136 valence electrons. The lowest BCUT2D eigenvalue weighted by atomic mass is 9.98. The third-order valence-corrected chi connectivity index (χ3v) is 5.61. The highest BCUT2D eigenvalue weighted by atomic mass is 35.5. The van der Waals surface area contributed by atoms with Gasteiger partial charge in [0.25, 0.3) is 5.91 Å². The number of halogens is 1. The fraction of sp³-hybridized carbons (Fsp3) is 0.611. The second-order valence-electron chi connectivity index (χ2n) is 7.61. The van der Waals surface area contributed by atoms with Gasteiger partial charge in [0, 0.05) is 30.9 Å². The predicted octanol–water partition coefficient (Wildman–Crippen LogP) is 2.55. The molecule has 0 aromatic carbocycles. The molecule has 3 unspecified atom stereocenters. The third-order valence-electron chi connectivity index (χ3n) is 5.61. The average Bonchev–Trinajstić information content (AvgIpc) is 3.21. The minimum absolute atomic E-state index is 0. The van der Waals surface area contributed by atoms with E-state index in [4.69, 9.17) is 5.73 Å². The van der Waals surface area contributed by atoms with Crippen molar-refractivity contribution >= 4 is 29.3 Å². The molecule has 2 fully saturated rings. The van der Waals surface area contributed by atoms with Gasteiger partial charge in [-0.1, -0.05) is 0 Å². The van der Waals surface area contributed by atoms with Gasteiger partial charge < -0.3 is 10.6 Å². The minimum atomic E-state index is 0. The van der Waals surface area contributed by atoms with Crippen molar-refractivity contribution < 1.29 is 4.79 Å². The van der Waals surface area contributed by atoms with E-state index in [1.54, 1.807) is 6.20 Å². The van der Waals surface area contributed by atoms with E-state index in [1.807, 2.05) is 22.6 Å². The summed E-state index contributed by atoms with van der Waals surface area (Å²) in [5.41, 5.74) is 8.58. The van der Waals surface area contributed by atoms with Crippen LogP contribution in [0.5, 0.6) is 0 Å². The molecule has 1 saturated carbocycles. The van der Waals surface area contributed by atoms with E-state index in [2.05, 4.69) is 23.9 Å².